The lowest BCUT2D eigenvalue weighted by atomic mass is 10.1. The molecule has 0 saturated carbocycles. The van der Waals surface area contributed by atoms with Crippen LogP contribution in [0.5, 0.6) is 0 Å². The highest BCUT2D eigenvalue weighted by molar-refractivity contribution is 5.87. The van der Waals surface area contributed by atoms with Gasteiger partial charge in [-0.1, -0.05) is 49.3 Å². The van der Waals surface area contributed by atoms with E-state index >= 15 is 0 Å². The number of hydrogen-bond donors (Lipinski definition) is 2. The van der Waals surface area contributed by atoms with E-state index in [2.05, 4.69) is 46.8 Å². The predicted octanol–water partition coefficient (Wildman–Crippen LogP) is 2.35. The fraction of sp³-hybridized carbons (Fsp3) is 0.407. The number of amides is 2. The summed E-state index contributed by atoms with van der Waals surface area (Å²) in [7, 11) is 1.78. The maximum Gasteiger partial charge on any atom is 0.257 e. The number of fused-ring (bicyclic) bond motifs is 1. The van der Waals surface area contributed by atoms with Gasteiger partial charge in [-0.15, -0.1) is 0 Å². The summed E-state index contributed by atoms with van der Waals surface area (Å²) in [5.74, 6) is 0.116. The largest absolute Gasteiger partial charge is 0.353 e. The lowest BCUT2D eigenvalue weighted by Crippen LogP contribution is -2.48. The summed E-state index contributed by atoms with van der Waals surface area (Å²) in [5, 5.41) is 13.6. The van der Waals surface area contributed by atoms with Crippen molar-refractivity contribution in [3.8, 4) is 11.5 Å². The van der Waals surface area contributed by atoms with Gasteiger partial charge < -0.3 is 20.1 Å². The Morgan fingerprint density at radius 3 is 2.46 bits per heavy atom. The molecule has 10 nitrogen and oxygen atoms in total. The summed E-state index contributed by atoms with van der Waals surface area (Å²) in [6.07, 6.45) is 1.35. The molecule has 0 radical (unpaired) electrons. The van der Waals surface area contributed by atoms with Gasteiger partial charge in [0.1, 0.15) is 0 Å². The second kappa shape index (κ2) is 12.0. The number of nitrogens with one attached hydrogen (secondary N) is 2. The Labute approximate surface area is 217 Å². The lowest BCUT2D eigenvalue weighted by molar-refractivity contribution is -0.145. The molecule has 3 aromatic rings. The summed E-state index contributed by atoms with van der Waals surface area (Å²) in [5.41, 5.74) is 4.85. The fourth-order valence-electron chi connectivity index (χ4n) is 4.35. The topological polar surface area (TPSA) is 107 Å². The third-order valence-electron chi connectivity index (χ3n) is 6.43. The molecule has 0 saturated heterocycles. The van der Waals surface area contributed by atoms with Gasteiger partial charge >= 0.3 is 0 Å². The van der Waals surface area contributed by atoms with Crippen LogP contribution in [0.4, 0.5) is 5.69 Å². The number of anilines is 1. The van der Waals surface area contributed by atoms with E-state index < -0.39 is 0 Å². The number of carbonyl (C=O) groups excluding carboxylic acids is 2. The predicted molar refractivity (Wildman–Crippen MR) is 141 cm³/mol. The average molecular weight is 506 g/mol. The minimum atomic E-state index is -0.155. The second-order valence-electron chi connectivity index (χ2n) is 9.57. The van der Waals surface area contributed by atoms with Gasteiger partial charge in [0.25, 0.3) is 11.8 Å². The maximum absolute atomic E-state index is 13.5. The van der Waals surface area contributed by atoms with E-state index in [-0.39, 0.29) is 24.9 Å². The minimum Gasteiger partial charge on any atom is -0.353 e. The van der Waals surface area contributed by atoms with E-state index in [1.165, 1.54) is 17.5 Å². The van der Waals surface area contributed by atoms with Crippen LogP contribution in [0, 0.1) is 6.92 Å². The van der Waals surface area contributed by atoms with Crippen molar-refractivity contribution in [3.05, 3.63) is 65.5 Å². The Morgan fingerprint density at radius 1 is 1.08 bits per heavy atom. The van der Waals surface area contributed by atoms with Gasteiger partial charge in [0.05, 0.1) is 13.1 Å². The molecule has 0 unspecified atom stereocenters. The van der Waals surface area contributed by atoms with Crippen LogP contribution in [-0.4, -0.2) is 71.2 Å². The first-order valence-corrected chi connectivity index (χ1v) is 12.5. The van der Waals surface area contributed by atoms with E-state index in [4.69, 9.17) is 4.52 Å². The van der Waals surface area contributed by atoms with E-state index in [0.717, 1.165) is 16.8 Å². The number of aryl methyl sites for hydroxylation is 1. The molecular weight excluding hydrogens is 470 g/mol. The van der Waals surface area contributed by atoms with Crippen molar-refractivity contribution in [2.75, 3.05) is 38.1 Å². The van der Waals surface area contributed by atoms with Crippen LogP contribution in [0.25, 0.3) is 11.5 Å². The molecule has 0 spiro atoms. The first-order valence-electron chi connectivity index (χ1n) is 12.5. The Hall–Kier alpha value is -3.76. The van der Waals surface area contributed by atoms with Gasteiger partial charge in [0.15, 0.2) is 6.33 Å². The number of nitrogens with zero attached hydrogens (tertiary/aromatic N) is 5. The SMILES string of the molecule is Cc1ccc(-c2ncno2)cc1N(CC(=O)NCCNC(C)C)CC(=O)N(C)N1Cc2ccccc2C1. The highest BCUT2D eigenvalue weighted by Gasteiger charge is 2.27. The molecule has 4 rings (SSSR count). The zero-order valence-corrected chi connectivity index (χ0v) is 21.9. The van der Waals surface area contributed by atoms with Crippen molar-refractivity contribution >= 4 is 17.5 Å². The fourth-order valence-corrected chi connectivity index (χ4v) is 4.35. The Bertz CT molecular complexity index is 1190. The van der Waals surface area contributed by atoms with Gasteiger partial charge in [0.2, 0.25) is 5.91 Å². The van der Waals surface area contributed by atoms with Gasteiger partial charge in [-0.05, 0) is 35.7 Å². The first-order chi connectivity index (χ1) is 17.8. The zero-order valence-electron chi connectivity index (χ0n) is 21.9. The number of carbonyl (C=O) groups is 2. The molecule has 0 bridgehead atoms. The second-order valence-corrected chi connectivity index (χ2v) is 9.57. The van der Waals surface area contributed by atoms with Gasteiger partial charge in [0, 0.05) is 50.5 Å². The number of hydrazine groups is 1. The van der Waals surface area contributed by atoms with Crippen molar-refractivity contribution in [2.45, 2.75) is 39.9 Å². The smallest absolute Gasteiger partial charge is 0.257 e. The Kier molecular flexibility index (Phi) is 8.52. The van der Waals surface area contributed by atoms with Crippen LogP contribution >= 0.6 is 0 Å². The first kappa shape index (κ1) is 26.3. The third kappa shape index (κ3) is 6.72. The molecule has 196 valence electrons. The zero-order chi connectivity index (χ0) is 26.4. The molecule has 37 heavy (non-hydrogen) atoms. The van der Waals surface area contributed by atoms with Crippen molar-refractivity contribution < 1.29 is 14.1 Å². The summed E-state index contributed by atoms with van der Waals surface area (Å²) in [4.78, 5) is 32.3. The van der Waals surface area contributed by atoms with Crippen LogP contribution in [0.15, 0.2) is 53.3 Å². The van der Waals surface area contributed by atoms with Gasteiger partial charge in [-0.2, -0.15) is 4.98 Å². The molecular formula is C27H35N7O3. The van der Waals surface area contributed by atoms with Crippen LogP contribution in [0.2, 0.25) is 0 Å². The van der Waals surface area contributed by atoms with Crippen molar-refractivity contribution in [3.63, 3.8) is 0 Å². The van der Waals surface area contributed by atoms with Crippen molar-refractivity contribution in [2.24, 2.45) is 0 Å². The Balaban J connectivity index is 1.50. The van der Waals surface area contributed by atoms with Crippen LogP contribution in [0.1, 0.15) is 30.5 Å². The van der Waals surface area contributed by atoms with E-state index in [1.807, 2.05) is 47.2 Å². The quantitative estimate of drug-likeness (QED) is 0.383. The van der Waals surface area contributed by atoms with Gasteiger partial charge in [-0.25, -0.2) is 5.01 Å². The highest BCUT2D eigenvalue weighted by Crippen LogP contribution is 2.28. The molecule has 0 atom stereocenters. The summed E-state index contributed by atoms with van der Waals surface area (Å²) in [6, 6.07) is 14.2. The van der Waals surface area contributed by atoms with E-state index in [1.54, 1.807) is 12.1 Å². The Morgan fingerprint density at radius 2 is 1.81 bits per heavy atom. The summed E-state index contributed by atoms with van der Waals surface area (Å²) >= 11 is 0. The number of benzene rings is 2. The van der Waals surface area contributed by atoms with Crippen molar-refractivity contribution in [1.82, 2.24) is 30.8 Å². The molecule has 2 amide bonds. The van der Waals surface area contributed by atoms with Crippen molar-refractivity contribution in [1.29, 1.82) is 0 Å². The molecule has 2 aromatic carbocycles. The van der Waals surface area contributed by atoms with Gasteiger partial charge in [-0.3, -0.25) is 14.6 Å². The number of likely N-dealkylation sites (N-methyl/N-ethyl adjacent to an activating group) is 1. The van der Waals surface area contributed by atoms with E-state index in [9.17, 15) is 9.59 Å². The number of aromatic nitrogens is 2. The number of rotatable bonds is 11. The lowest BCUT2D eigenvalue weighted by Gasteiger charge is -2.32. The molecule has 1 aliphatic rings. The average Bonchev–Trinajstić information content (AvgIpc) is 3.56. The molecule has 1 aromatic heterocycles. The number of hydrogen-bond acceptors (Lipinski definition) is 8. The molecule has 1 aliphatic heterocycles. The molecule has 2 heterocycles. The van der Waals surface area contributed by atoms with E-state index in [0.29, 0.717) is 38.1 Å². The standard InChI is InChI=1S/C27H35N7O3/c1-19(2)28-11-12-29-25(35)16-33(24-13-21(10-9-20(24)3)27-30-18-31-37-27)17-26(36)32(4)34-14-22-7-5-6-8-23(22)15-34/h5-10,13,18-19,28H,11-12,14-17H2,1-4H3,(H,29,35). The van der Waals surface area contributed by atoms with Crippen LogP contribution < -0.4 is 15.5 Å². The molecule has 2 N–H and O–H groups in total. The molecule has 10 heteroatoms. The summed E-state index contributed by atoms with van der Waals surface area (Å²) < 4.78 is 5.23. The highest BCUT2D eigenvalue weighted by atomic mass is 16.5. The molecule has 0 aliphatic carbocycles. The normalized spacial score (nSPS) is 13.0. The monoisotopic (exact) mass is 505 g/mol. The third-order valence-corrected chi connectivity index (χ3v) is 6.43. The maximum atomic E-state index is 13.5. The minimum absolute atomic E-state index is 0.0368. The van der Waals surface area contributed by atoms with Crippen LogP contribution in [-0.2, 0) is 22.7 Å². The molecule has 0 fully saturated rings. The summed E-state index contributed by atoms with van der Waals surface area (Å²) in [6.45, 7) is 8.67. The van der Waals surface area contributed by atoms with Crippen LogP contribution in [0.3, 0.4) is 0 Å².